The van der Waals surface area contributed by atoms with Crippen LogP contribution in [0.25, 0.3) is 11.1 Å². The largest absolute Gasteiger partial charge is 0.383 e. The minimum Gasteiger partial charge on any atom is -0.383 e. The van der Waals surface area contributed by atoms with E-state index in [1.165, 1.54) is 18.1 Å². The van der Waals surface area contributed by atoms with Gasteiger partial charge in [-0.25, -0.2) is 9.37 Å². The molecular formula is C26H26ClFN2O3. The van der Waals surface area contributed by atoms with Crippen LogP contribution in [0.3, 0.4) is 0 Å². The topological polar surface area (TPSA) is 59.5 Å². The van der Waals surface area contributed by atoms with Crippen LogP contribution >= 0.6 is 11.6 Å². The van der Waals surface area contributed by atoms with Gasteiger partial charge in [-0.2, -0.15) is 0 Å². The number of hydrogen-bond donors (Lipinski definition) is 0. The maximum atomic E-state index is 14.9. The Bertz CT molecular complexity index is 1100. The van der Waals surface area contributed by atoms with E-state index in [-0.39, 0.29) is 30.3 Å². The van der Waals surface area contributed by atoms with Crippen LogP contribution in [-0.2, 0) is 16.0 Å². The quantitative estimate of drug-likeness (QED) is 0.281. The number of anilines is 1. The molecule has 0 saturated heterocycles. The second kappa shape index (κ2) is 11.7. The van der Waals surface area contributed by atoms with Crippen LogP contribution in [0, 0.1) is 5.82 Å². The lowest BCUT2D eigenvalue weighted by atomic mass is 9.99. The number of carbonyl (C=O) groups is 2. The van der Waals surface area contributed by atoms with Gasteiger partial charge in [-0.3, -0.25) is 9.59 Å². The zero-order chi connectivity index (χ0) is 23.8. The zero-order valence-corrected chi connectivity index (χ0v) is 19.4. The summed E-state index contributed by atoms with van der Waals surface area (Å²) in [6, 6.07) is 15.4. The fourth-order valence-electron chi connectivity index (χ4n) is 3.46. The van der Waals surface area contributed by atoms with Gasteiger partial charge in [0.2, 0.25) is 5.91 Å². The van der Waals surface area contributed by atoms with E-state index < -0.39 is 5.82 Å². The van der Waals surface area contributed by atoms with Gasteiger partial charge >= 0.3 is 0 Å². The number of ketones is 1. The van der Waals surface area contributed by atoms with Crippen LogP contribution < -0.4 is 4.90 Å². The SMILES string of the molecule is CCC(=O)N(CCOC)c1ccc(-c2ccc(C(=O)CCc3ccc(Cl)nc3)cc2)cc1F. The average Bonchev–Trinajstić information content (AvgIpc) is 2.84. The van der Waals surface area contributed by atoms with Crippen molar-refractivity contribution >= 4 is 29.0 Å². The number of amides is 1. The molecule has 0 radical (unpaired) electrons. The summed E-state index contributed by atoms with van der Waals surface area (Å²) in [5, 5.41) is 0.421. The first-order valence-electron chi connectivity index (χ1n) is 10.8. The fourth-order valence-corrected chi connectivity index (χ4v) is 3.58. The molecule has 0 atom stereocenters. The molecule has 0 N–H and O–H groups in total. The predicted molar refractivity (Wildman–Crippen MR) is 128 cm³/mol. The number of halogens is 2. The summed E-state index contributed by atoms with van der Waals surface area (Å²) >= 11 is 5.79. The third kappa shape index (κ3) is 6.46. The Morgan fingerprint density at radius 3 is 2.39 bits per heavy atom. The lowest BCUT2D eigenvalue weighted by molar-refractivity contribution is -0.118. The van der Waals surface area contributed by atoms with Crippen molar-refractivity contribution in [3.05, 3.63) is 82.9 Å². The molecule has 1 heterocycles. The Labute approximate surface area is 198 Å². The standard InChI is InChI=1S/C26H26ClFN2O3/c1-3-26(32)30(14-15-33-2)23-11-10-21(16-22(23)28)19-6-8-20(9-7-19)24(31)12-4-18-5-13-25(27)29-17-18/h5-11,13,16-17H,3-4,12,14-15H2,1-2H3. The van der Waals surface area contributed by atoms with E-state index in [9.17, 15) is 14.0 Å². The lowest BCUT2D eigenvalue weighted by Crippen LogP contribution is -2.34. The maximum Gasteiger partial charge on any atom is 0.226 e. The molecule has 0 aliphatic heterocycles. The summed E-state index contributed by atoms with van der Waals surface area (Å²) in [6.45, 7) is 2.34. The van der Waals surface area contributed by atoms with Crippen molar-refractivity contribution in [3.8, 4) is 11.1 Å². The van der Waals surface area contributed by atoms with Gasteiger partial charge in [-0.1, -0.05) is 54.9 Å². The highest BCUT2D eigenvalue weighted by atomic mass is 35.5. The highest BCUT2D eigenvalue weighted by Crippen LogP contribution is 2.27. The summed E-state index contributed by atoms with van der Waals surface area (Å²) in [4.78, 5) is 30.2. The Morgan fingerprint density at radius 2 is 1.79 bits per heavy atom. The Balaban J connectivity index is 1.70. The van der Waals surface area contributed by atoms with Crippen molar-refractivity contribution in [3.63, 3.8) is 0 Å². The highest BCUT2D eigenvalue weighted by molar-refractivity contribution is 6.29. The van der Waals surface area contributed by atoms with E-state index in [1.807, 2.05) is 6.07 Å². The molecule has 0 saturated carbocycles. The van der Waals surface area contributed by atoms with Crippen molar-refractivity contribution in [1.82, 2.24) is 4.98 Å². The smallest absolute Gasteiger partial charge is 0.226 e. The van der Waals surface area contributed by atoms with Gasteiger partial charge in [0.1, 0.15) is 11.0 Å². The molecule has 0 unspecified atom stereocenters. The molecule has 33 heavy (non-hydrogen) atoms. The molecule has 0 spiro atoms. The first kappa shape index (κ1) is 24.6. The lowest BCUT2D eigenvalue weighted by Gasteiger charge is -2.23. The monoisotopic (exact) mass is 468 g/mol. The number of hydrogen-bond acceptors (Lipinski definition) is 4. The maximum absolute atomic E-state index is 14.9. The molecule has 2 aromatic carbocycles. The fraction of sp³-hybridized carbons (Fsp3) is 0.269. The number of aryl methyl sites for hydroxylation is 1. The number of benzene rings is 2. The van der Waals surface area contributed by atoms with Crippen molar-refractivity contribution in [2.24, 2.45) is 0 Å². The van der Waals surface area contributed by atoms with Gasteiger partial charge < -0.3 is 9.64 Å². The number of ether oxygens (including phenoxy) is 1. The normalized spacial score (nSPS) is 10.8. The molecule has 1 aromatic heterocycles. The van der Waals surface area contributed by atoms with E-state index in [0.29, 0.717) is 35.7 Å². The highest BCUT2D eigenvalue weighted by Gasteiger charge is 2.18. The summed E-state index contributed by atoms with van der Waals surface area (Å²) in [5.74, 6) is -0.636. The van der Waals surface area contributed by atoms with Crippen molar-refractivity contribution in [1.29, 1.82) is 0 Å². The predicted octanol–water partition coefficient (Wildman–Crippen LogP) is 5.75. The van der Waals surface area contributed by atoms with E-state index in [0.717, 1.165) is 11.1 Å². The molecule has 7 heteroatoms. The summed E-state index contributed by atoms with van der Waals surface area (Å²) in [6.07, 6.45) is 2.87. The summed E-state index contributed by atoms with van der Waals surface area (Å²) in [5.41, 5.74) is 3.21. The Kier molecular flexibility index (Phi) is 8.69. The molecule has 0 aliphatic rings. The zero-order valence-electron chi connectivity index (χ0n) is 18.7. The van der Waals surface area contributed by atoms with Crippen LogP contribution in [-0.4, -0.2) is 36.9 Å². The third-order valence-electron chi connectivity index (χ3n) is 5.33. The molecular weight excluding hydrogens is 443 g/mol. The van der Waals surface area contributed by atoms with Gasteiger partial charge in [0.15, 0.2) is 5.78 Å². The molecule has 0 fully saturated rings. The Hall–Kier alpha value is -3.09. The number of carbonyl (C=O) groups excluding carboxylic acids is 2. The van der Waals surface area contributed by atoms with E-state index in [2.05, 4.69) is 4.98 Å². The molecule has 3 aromatic rings. The second-order valence-electron chi connectivity index (χ2n) is 7.55. The van der Waals surface area contributed by atoms with Gasteiger partial charge in [0.05, 0.1) is 12.3 Å². The first-order valence-corrected chi connectivity index (χ1v) is 11.1. The van der Waals surface area contributed by atoms with Gasteiger partial charge in [0, 0.05) is 38.3 Å². The van der Waals surface area contributed by atoms with E-state index in [4.69, 9.17) is 16.3 Å². The van der Waals surface area contributed by atoms with Crippen molar-refractivity contribution < 1.29 is 18.7 Å². The number of nitrogens with zero attached hydrogens (tertiary/aromatic N) is 2. The molecule has 0 bridgehead atoms. The van der Waals surface area contributed by atoms with Crippen LogP contribution in [0.15, 0.2) is 60.8 Å². The van der Waals surface area contributed by atoms with Gasteiger partial charge in [0.25, 0.3) is 0 Å². The van der Waals surface area contributed by atoms with Crippen LogP contribution in [0.2, 0.25) is 5.15 Å². The minimum absolute atomic E-state index is 0.0184. The van der Waals surface area contributed by atoms with Crippen LogP contribution in [0.4, 0.5) is 10.1 Å². The van der Waals surface area contributed by atoms with Crippen LogP contribution in [0.5, 0.6) is 0 Å². The molecule has 5 nitrogen and oxygen atoms in total. The minimum atomic E-state index is -0.484. The first-order chi connectivity index (χ1) is 15.9. The number of aromatic nitrogens is 1. The van der Waals surface area contributed by atoms with Crippen molar-refractivity contribution in [2.75, 3.05) is 25.2 Å². The number of Topliss-reactive ketones (excluding diaryl/α,β-unsaturated/α-hetero) is 1. The molecule has 1 amide bonds. The molecule has 3 rings (SSSR count). The molecule has 172 valence electrons. The average molecular weight is 469 g/mol. The summed E-state index contributed by atoms with van der Waals surface area (Å²) < 4.78 is 19.9. The Morgan fingerprint density at radius 1 is 1.06 bits per heavy atom. The number of pyridine rings is 1. The summed E-state index contributed by atoms with van der Waals surface area (Å²) in [7, 11) is 1.54. The van der Waals surface area contributed by atoms with Crippen molar-refractivity contribution in [2.45, 2.75) is 26.2 Å². The molecule has 0 aliphatic carbocycles. The number of rotatable bonds is 10. The van der Waals surface area contributed by atoms with Gasteiger partial charge in [-0.05, 0) is 41.3 Å². The van der Waals surface area contributed by atoms with E-state index >= 15 is 0 Å². The van der Waals surface area contributed by atoms with Gasteiger partial charge in [-0.15, -0.1) is 0 Å². The van der Waals surface area contributed by atoms with Crippen LogP contribution in [0.1, 0.15) is 35.7 Å². The van der Waals surface area contributed by atoms with E-state index in [1.54, 1.807) is 55.6 Å². The third-order valence-corrected chi connectivity index (χ3v) is 5.55. The second-order valence-corrected chi connectivity index (χ2v) is 7.93. The number of methoxy groups -OCH3 is 1.